The highest BCUT2D eigenvalue weighted by molar-refractivity contribution is 14.1. The smallest absolute Gasteiger partial charge is 0.00299 e. The van der Waals surface area contributed by atoms with Crippen LogP contribution in [-0.4, -0.2) is 4.43 Å². The van der Waals surface area contributed by atoms with E-state index >= 15 is 0 Å². The molecule has 11 heavy (non-hydrogen) atoms. The Hall–Kier alpha value is 0.210. The fraction of sp³-hybridized carbons (Fsp3) is 0.600. The highest BCUT2D eigenvalue weighted by Gasteiger charge is 1.74. The molecule has 0 atom stereocenters. The number of hydrogen-bond acceptors (Lipinski definition) is 0. The Labute approximate surface area is 83.9 Å². The van der Waals surface area contributed by atoms with E-state index in [-0.39, 0.29) is 0 Å². The van der Waals surface area contributed by atoms with E-state index in [1.54, 1.807) is 0 Å². The minimum atomic E-state index is 1.11. The number of hydrogen-bond donors (Lipinski definition) is 0. The zero-order valence-corrected chi connectivity index (χ0v) is 9.38. The normalized spacial score (nSPS) is 11.8. The van der Waals surface area contributed by atoms with Gasteiger partial charge in [0.2, 0.25) is 0 Å². The molecule has 0 fully saturated rings. The molecule has 0 aromatic rings. The summed E-state index contributed by atoms with van der Waals surface area (Å²) in [5, 5.41) is 0. The van der Waals surface area contributed by atoms with E-state index in [4.69, 9.17) is 0 Å². The van der Waals surface area contributed by atoms with Crippen molar-refractivity contribution in [2.75, 3.05) is 4.43 Å². The standard InChI is InChI=1S/C10H17I/c1-2-3-4-5-6-7-8-9-10-11/h4-5,7-8H,2-3,6,9-10H2,1H3. The summed E-state index contributed by atoms with van der Waals surface area (Å²) >= 11 is 2.39. The molecule has 0 aromatic carbocycles. The first-order valence-corrected chi connectivity index (χ1v) is 5.80. The Morgan fingerprint density at radius 2 is 1.64 bits per heavy atom. The van der Waals surface area contributed by atoms with E-state index in [1.807, 2.05) is 0 Å². The molecule has 0 saturated heterocycles. The van der Waals surface area contributed by atoms with Crippen LogP contribution in [0.3, 0.4) is 0 Å². The topological polar surface area (TPSA) is 0 Å². The van der Waals surface area contributed by atoms with Gasteiger partial charge in [-0.1, -0.05) is 60.2 Å². The maximum atomic E-state index is 2.39. The largest absolute Gasteiger partial charge is 0.0882 e. The lowest BCUT2D eigenvalue weighted by Crippen LogP contribution is -1.66. The van der Waals surface area contributed by atoms with Crippen molar-refractivity contribution in [1.29, 1.82) is 0 Å². The molecular formula is C10H17I. The second-order valence-electron chi connectivity index (χ2n) is 2.44. The molecule has 0 aliphatic heterocycles. The third-order valence-electron chi connectivity index (χ3n) is 1.34. The van der Waals surface area contributed by atoms with E-state index in [9.17, 15) is 0 Å². The summed E-state index contributed by atoms with van der Waals surface area (Å²) in [6.07, 6.45) is 13.8. The Balaban J connectivity index is 3.11. The van der Waals surface area contributed by atoms with Crippen molar-refractivity contribution in [3.63, 3.8) is 0 Å². The summed E-state index contributed by atoms with van der Waals surface area (Å²) in [5.74, 6) is 0. The first-order chi connectivity index (χ1) is 5.41. The second-order valence-corrected chi connectivity index (χ2v) is 3.52. The molecular weight excluding hydrogens is 247 g/mol. The van der Waals surface area contributed by atoms with E-state index in [1.165, 1.54) is 23.7 Å². The molecule has 0 spiro atoms. The average molecular weight is 264 g/mol. The van der Waals surface area contributed by atoms with Gasteiger partial charge in [-0.05, 0) is 19.3 Å². The summed E-state index contributed by atoms with van der Waals surface area (Å²) < 4.78 is 1.23. The van der Waals surface area contributed by atoms with E-state index in [0.29, 0.717) is 0 Å². The molecule has 0 radical (unpaired) electrons. The van der Waals surface area contributed by atoms with Crippen molar-refractivity contribution in [3.05, 3.63) is 24.3 Å². The van der Waals surface area contributed by atoms with Gasteiger partial charge in [-0.2, -0.15) is 0 Å². The number of rotatable bonds is 6. The third-order valence-corrected chi connectivity index (χ3v) is 1.96. The molecule has 0 unspecified atom stereocenters. The van der Waals surface area contributed by atoms with Gasteiger partial charge in [-0.3, -0.25) is 0 Å². The Bertz CT molecular complexity index is 100. The number of unbranched alkanes of at least 4 members (excludes halogenated alkanes) is 1. The second kappa shape index (κ2) is 10.2. The molecule has 64 valence electrons. The van der Waals surface area contributed by atoms with Crippen molar-refractivity contribution >= 4 is 22.6 Å². The van der Waals surface area contributed by atoms with Gasteiger partial charge < -0.3 is 0 Å². The predicted molar refractivity (Wildman–Crippen MR) is 61.3 cm³/mol. The summed E-state index contributed by atoms with van der Waals surface area (Å²) in [4.78, 5) is 0. The maximum absolute atomic E-state index is 2.39. The lowest BCUT2D eigenvalue weighted by Gasteiger charge is -1.84. The van der Waals surface area contributed by atoms with Crippen LogP contribution in [0.4, 0.5) is 0 Å². The Kier molecular flexibility index (Phi) is 10.4. The van der Waals surface area contributed by atoms with Crippen molar-refractivity contribution in [2.45, 2.75) is 32.6 Å². The predicted octanol–water partition coefficient (Wildman–Crippen LogP) is 4.11. The molecule has 0 saturated carbocycles. The van der Waals surface area contributed by atoms with Crippen molar-refractivity contribution < 1.29 is 0 Å². The zero-order chi connectivity index (χ0) is 8.36. The molecule has 1 heteroatoms. The van der Waals surface area contributed by atoms with Crippen LogP contribution >= 0.6 is 22.6 Å². The van der Waals surface area contributed by atoms with Crippen molar-refractivity contribution in [2.24, 2.45) is 0 Å². The first-order valence-electron chi connectivity index (χ1n) is 4.27. The SMILES string of the molecule is CCCC=CCC=CCCI. The van der Waals surface area contributed by atoms with Gasteiger partial charge in [0.25, 0.3) is 0 Å². The van der Waals surface area contributed by atoms with Gasteiger partial charge in [-0.25, -0.2) is 0 Å². The summed E-state index contributed by atoms with van der Waals surface area (Å²) in [5.41, 5.74) is 0. The molecule has 0 amide bonds. The summed E-state index contributed by atoms with van der Waals surface area (Å²) in [6.45, 7) is 2.20. The fourth-order valence-electron chi connectivity index (χ4n) is 0.736. The number of halogens is 1. The Morgan fingerprint density at radius 1 is 1.00 bits per heavy atom. The number of allylic oxidation sites excluding steroid dienone is 4. The highest BCUT2D eigenvalue weighted by atomic mass is 127. The molecule has 0 aliphatic carbocycles. The monoisotopic (exact) mass is 264 g/mol. The fourth-order valence-corrected chi connectivity index (χ4v) is 1.10. The molecule has 0 bridgehead atoms. The van der Waals surface area contributed by atoms with Crippen LogP contribution in [0.5, 0.6) is 0 Å². The van der Waals surface area contributed by atoms with Gasteiger partial charge in [0, 0.05) is 4.43 Å². The van der Waals surface area contributed by atoms with E-state index < -0.39 is 0 Å². The van der Waals surface area contributed by atoms with Gasteiger partial charge in [0.1, 0.15) is 0 Å². The van der Waals surface area contributed by atoms with Crippen molar-refractivity contribution in [1.82, 2.24) is 0 Å². The lowest BCUT2D eigenvalue weighted by atomic mass is 10.2. The van der Waals surface area contributed by atoms with Gasteiger partial charge in [0.15, 0.2) is 0 Å². The lowest BCUT2D eigenvalue weighted by molar-refractivity contribution is 0.954. The molecule has 0 aliphatic rings. The quantitative estimate of drug-likeness (QED) is 0.384. The average Bonchev–Trinajstić information content (AvgIpc) is 2.03. The van der Waals surface area contributed by atoms with Crippen LogP contribution in [0.25, 0.3) is 0 Å². The van der Waals surface area contributed by atoms with E-state index in [0.717, 1.165) is 6.42 Å². The molecule has 0 N–H and O–H groups in total. The number of alkyl halides is 1. The van der Waals surface area contributed by atoms with Crippen LogP contribution in [0.15, 0.2) is 24.3 Å². The van der Waals surface area contributed by atoms with Crippen LogP contribution in [0, 0.1) is 0 Å². The first kappa shape index (κ1) is 11.2. The van der Waals surface area contributed by atoms with Gasteiger partial charge in [-0.15, -0.1) is 0 Å². The molecule has 0 heterocycles. The molecule has 0 aromatic heterocycles. The molecule has 0 nitrogen and oxygen atoms in total. The minimum Gasteiger partial charge on any atom is -0.0882 e. The van der Waals surface area contributed by atoms with E-state index in [2.05, 4.69) is 53.8 Å². The minimum absolute atomic E-state index is 1.11. The van der Waals surface area contributed by atoms with Crippen LogP contribution in [0.2, 0.25) is 0 Å². The Morgan fingerprint density at radius 3 is 2.18 bits per heavy atom. The summed E-state index contributed by atoms with van der Waals surface area (Å²) in [7, 11) is 0. The highest BCUT2D eigenvalue weighted by Crippen LogP contribution is 1.95. The van der Waals surface area contributed by atoms with Gasteiger partial charge in [0.05, 0.1) is 0 Å². The zero-order valence-electron chi connectivity index (χ0n) is 7.22. The van der Waals surface area contributed by atoms with Gasteiger partial charge >= 0.3 is 0 Å². The van der Waals surface area contributed by atoms with Crippen LogP contribution in [0.1, 0.15) is 32.6 Å². The molecule has 0 rings (SSSR count). The van der Waals surface area contributed by atoms with Crippen LogP contribution < -0.4 is 0 Å². The van der Waals surface area contributed by atoms with Crippen molar-refractivity contribution in [3.8, 4) is 0 Å². The third kappa shape index (κ3) is 10.2. The summed E-state index contributed by atoms with van der Waals surface area (Å²) in [6, 6.07) is 0. The maximum Gasteiger partial charge on any atom is 0.00299 e. The van der Waals surface area contributed by atoms with Crippen LogP contribution in [-0.2, 0) is 0 Å².